The Hall–Kier alpha value is -2.49. The molecule has 30 heavy (non-hydrogen) atoms. The number of hydroxylamine groups is 2. The first kappa shape index (κ1) is 20.8. The molecule has 0 aliphatic carbocycles. The van der Waals surface area contributed by atoms with Crippen LogP contribution in [-0.4, -0.2) is 58.8 Å². The van der Waals surface area contributed by atoms with Crippen LogP contribution in [0.4, 0.5) is 0 Å². The number of carbonyl (C=O) groups excluding carboxylic acids is 1. The summed E-state index contributed by atoms with van der Waals surface area (Å²) in [6.45, 7) is 2.18. The number of likely N-dealkylation sites (tertiary alicyclic amines) is 1. The zero-order valence-corrected chi connectivity index (χ0v) is 16.9. The average molecular weight is 412 g/mol. The molecular formula is C22H26N3O5-. The van der Waals surface area contributed by atoms with E-state index in [1.165, 1.54) is 0 Å². The highest BCUT2D eigenvalue weighted by molar-refractivity contribution is 5.79. The highest BCUT2D eigenvalue weighted by atomic mass is 17.3. The summed E-state index contributed by atoms with van der Waals surface area (Å²) in [6, 6.07) is 15.2. The monoisotopic (exact) mass is 412 g/mol. The van der Waals surface area contributed by atoms with Gasteiger partial charge in [0.15, 0.2) is 5.75 Å². The summed E-state index contributed by atoms with van der Waals surface area (Å²) in [5, 5.41) is 21.6. The molecule has 8 heteroatoms. The fourth-order valence-electron chi connectivity index (χ4n) is 4.02. The minimum atomic E-state index is -0.301. The molecule has 2 atom stereocenters. The Balaban J connectivity index is 1.49. The second-order valence-corrected chi connectivity index (χ2v) is 7.90. The van der Waals surface area contributed by atoms with Gasteiger partial charge < -0.3 is 20.1 Å². The number of β-amino-alcohol motifs (C(OH)–C–C–N with tert-alkyl or cyclic N) is 1. The minimum absolute atomic E-state index is 0.0181. The van der Waals surface area contributed by atoms with Gasteiger partial charge in [-0.05, 0) is 23.6 Å². The van der Waals surface area contributed by atoms with Crippen LogP contribution in [0.5, 0.6) is 5.75 Å². The Labute approximate surface area is 175 Å². The number of aliphatic hydroxyl groups is 1. The van der Waals surface area contributed by atoms with Crippen LogP contribution in [0, 0.1) is 5.21 Å². The maximum absolute atomic E-state index is 13.1. The summed E-state index contributed by atoms with van der Waals surface area (Å²) < 4.78 is 0. The lowest BCUT2D eigenvalue weighted by atomic mass is 10.0. The molecule has 2 aromatic rings. The number of rotatable bonds is 6. The van der Waals surface area contributed by atoms with Crippen molar-refractivity contribution < 1.29 is 19.8 Å². The van der Waals surface area contributed by atoms with E-state index in [0.29, 0.717) is 29.6 Å². The van der Waals surface area contributed by atoms with Gasteiger partial charge in [-0.25, -0.2) is 5.23 Å². The number of carbonyl (C=O) groups is 1. The highest BCUT2D eigenvalue weighted by Crippen LogP contribution is 2.28. The first-order valence-corrected chi connectivity index (χ1v) is 10.1. The van der Waals surface area contributed by atoms with Crippen molar-refractivity contribution in [2.24, 2.45) is 0 Å². The maximum atomic E-state index is 13.1. The quantitative estimate of drug-likeness (QED) is 0.727. The summed E-state index contributed by atoms with van der Waals surface area (Å²) in [5.41, 5.74) is 2.57. The van der Waals surface area contributed by atoms with Gasteiger partial charge in [0, 0.05) is 38.8 Å². The molecule has 2 heterocycles. The van der Waals surface area contributed by atoms with E-state index in [4.69, 9.17) is 4.89 Å². The van der Waals surface area contributed by atoms with Crippen LogP contribution in [0.15, 0.2) is 48.5 Å². The van der Waals surface area contributed by atoms with Crippen molar-refractivity contribution in [1.82, 2.24) is 15.0 Å². The Bertz CT molecular complexity index is 878. The predicted octanol–water partition coefficient (Wildman–Crippen LogP) is 2.03. The van der Waals surface area contributed by atoms with Crippen molar-refractivity contribution in [2.75, 3.05) is 26.7 Å². The Morgan fingerprint density at radius 3 is 2.83 bits per heavy atom. The topological polar surface area (TPSA) is 88.5 Å². The van der Waals surface area contributed by atoms with E-state index >= 15 is 0 Å². The first-order chi connectivity index (χ1) is 14.5. The standard InChI is InChI=1S/C22H26N3O5/c1-23(20(17-5-3-2-4-6-17)15-24-10-9-19(26)14-24)22(27)12-16-7-8-21-18(11-16)13-25(28)30-29-21/h2-8,11,19-20,26H,9-10,12-15H2,1H3/q-1/t19-,20+/m0/s1. The molecule has 1 amide bonds. The van der Waals surface area contributed by atoms with Gasteiger partial charge in [-0.2, -0.15) is 0 Å². The molecule has 2 aliphatic rings. The van der Waals surface area contributed by atoms with Gasteiger partial charge in [-0.1, -0.05) is 42.5 Å². The van der Waals surface area contributed by atoms with Crippen molar-refractivity contribution in [3.05, 3.63) is 70.4 Å². The van der Waals surface area contributed by atoms with Crippen LogP contribution in [0.1, 0.15) is 29.2 Å². The number of benzene rings is 2. The van der Waals surface area contributed by atoms with Gasteiger partial charge in [-0.3, -0.25) is 9.69 Å². The van der Waals surface area contributed by atoms with Crippen LogP contribution in [-0.2, 0) is 22.7 Å². The summed E-state index contributed by atoms with van der Waals surface area (Å²) in [7, 11) is 1.82. The molecule has 0 radical (unpaired) electrons. The normalized spacial score (nSPS) is 20.4. The molecule has 2 aliphatic heterocycles. The number of nitrogens with zero attached hydrogens (tertiary/aromatic N) is 3. The fraction of sp³-hybridized carbons (Fsp3) is 0.409. The van der Waals surface area contributed by atoms with Crippen LogP contribution in [0.25, 0.3) is 0 Å². The van der Waals surface area contributed by atoms with E-state index in [9.17, 15) is 15.1 Å². The number of aliphatic hydroxyl groups excluding tert-OH is 1. The minimum Gasteiger partial charge on any atom is -0.759 e. The Morgan fingerprint density at radius 2 is 2.10 bits per heavy atom. The number of amides is 1. The second-order valence-electron chi connectivity index (χ2n) is 7.90. The van der Waals surface area contributed by atoms with Gasteiger partial charge in [0.1, 0.15) is 0 Å². The molecule has 0 aromatic heterocycles. The SMILES string of the molecule is CN(C(=O)Cc1ccc2c(c1)CN([O-])OO2)[C@H](CN1CC[C@H](O)C1)c1ccccc1. The average Bonchev–Trinajstić information content (AvgIpc) is 3.16. The van der Waals surface area contributed by atoms with E-state index < -0.39 is 0 Å². The lowest BCUT2D eigenvalue weighted by Crippen LogP contribution is -2.39. The molecule has 8 nitrogen and oxygen atoms in total. The smallest absolute Gasteiger partial charge is 0.227 e. The maximum Gasteiger partial charge on any atom is 0.227 e. The van der Waals surface area contributed by atoms with Crippen LogP contribution in [0.2, 0.25) is 0 Å². The number of likely N-dealkylation sites (N-methyl/N-ethyl adjacent to an activating group) is 1. The van der Waals surface area contributed by atoms with Crippen LogP contribution in [0.3, 0.4) is 0 Å². The second kappa shape index (κ2) is 9.11. The number of hydrogen-bond donors (Lipinski definition) is 1. The molecule has 1 fully saturated rings. The van der Waals surface area contributed by atoms with Crippen molar-refractivity contribution >= 4 is 5.91 Å². The van der Waals surface area contributed by atoms with Crippen molar-refractivity contribution in [1.29, 1.82) is 0 Å². The molecule has 4 rings (SSSR count). The molecule has 0 unspecified atom stereocenters. The molecular weight excluding hydrogens is 386 g/mol. The lowest BCUT2D eigenvalue weighted by Gasteiger charge is -2.32. The molecule has 0 saturated carbocycles. The zero-order chi connectivity index (χ0) is 21.1. The van der Waals surface area contributed by atoms with E-state index in [-0.39, 0.29) is 31.0 Å². The van der Waals surface area contributed by atoms with Gasteiger partial charge in [-0.15, -0.1) is 4.99 Å². The third kappa shape index (κ3) is 4.80. The number of fused-ring (bicyclic) bond motifs is 1. The summed E-state index contributed by atoms with van der Waals surface area (Å²) in [6.07, 6.45) is 0.677. The first-order valence-electron chi connectivity index (χ1n) is 10.1. The van der Waals surface area contributed by atoms with Crippen molar-refractivity contribution in [2.45, 2.75) is 31.5 Å². The molecule has 2 aromatic carbocycles. The van der Waals surface area contributed by atoms with Crippen LogP contribution < -0.4 is 4.89 Å². The van der Waals surface area contributed by atoms with Gasteiger partial charge >= 0.3 is 0 Å². The zero-order valence-electron chi connectivity index (χ0n) is 16.9. The third-order valence-corrected chi connectivity index (χ3v) is 5.71. The van der Waals surface area contributed by atoms with Crippen molar-refractivity contribution in [3.63, 3.8) is 0 Å². The van der Waals surface area contributed by atoms with E-state index in [0.717, 1.165) is 24.1 Å². The van der Waals surface area contributed by atoms with Gasteiger partial charge in [0.05, 0.1) is 18.6 Å². The summed E-state index contributed by atoms with van der Waals surface area (Å²) in [5.74, 6) is 0.469. The largest absolute Gasteiger partial charge is 0.759 e. The molecule has 0 bridgehead atoms. The van der Waals surface area contributed by atoms with Gasteiger partial charge in [0.2, 0.25) is 5.91 Å². The number of hydrogen-bond acceptors (Lipinski definition) is 7. The van der Waals surface area contributed by atoms with Crippen LogP contribution >= 0.6 is 0 Å². The Kier molecular flexibility index (Phi) is 6.31. The predicted molar refractivity (Wildman–Crippen MR) is 110 cm³/mol. The summed E-state index contributed by atoms with van der Waals surface area (Å²) >= 11 is 0. The highest BCUT2D eigenvalue weighted by Gasteiger charge is 2.28. The van der Waals surface area contributed by atoms with E-state index in [1.807, 2.05) is 49.5 Å². The molecule has 0 spiro atoms. The lowest BCUT2D eigenvalue weighted by molar-refractivity contribution is -0.363. The third-order valence-electron chi connectivity index (χ3n) is 5.71. The molecule has 160 valence electrons. The fourth-order valence-corrected chi connectivity index (χ4v) is 4.02. The molecule has 1 N–H and O–H groups in total. The van der Waals surface area contributed by atoms with E-state index in [2.05, 4.69) is 9.89 Å². The van der Waals surface area contributed by atoms with E-state index in [1.54, 1.807) is 11.0 Å². The molecule has 1 saturated heterocycles. The summed E-state index contributed by atoms with van der Waals surface area (Å²) in [4.78, 5) is 26.5. The van der Waals surface area contributed by atoms with Gasteiger partial charge in [0.25, 0.3) is 0 Å². The van der Waals surface area contributed by atoms with Crippen molar-refractivity contribution in [3.8, 4) is 5.75 Å². The Morgan fingerprint density at radius 1 is 1.30 bits per heavy atom.